The number of halogens is 1. The van der Waals surface area contributed by atoms with E-state index in [2.05, 4.69) is 30.3 Å². The molecule has 0 fully saturated rings. The maximum atomic E-state index is 6.56. The van der Waals surface area contributed by atoms with Crippen LogP contribution in [0.25, 0.3) is 10.8 Å². The van der Waals surface area contributed by atoms with Gasteiger partial charge >= 0.3 is 0 Å². The Kier molecular flexibility index (Phi) is 3.25. The fourth-order valence-corrected chi connectivity index (χ4v) is 2.68. The Hall–Kier alpha value is -1.83. The van der Waals surface area contributed by atoms with Crippen molar-refractivity contribution in [2.24, 2.45) is 5.73 Å². The first kappa shape index (κ1) is 13.2. The highest BCUT2D eigenvalue weighted by Gasteiger charge is 2.24. The van der Waals surface area contributed by atoms with Crippen molar-refractivity contribution in [3.8, 4) is 0 Å². The minimum absolute atomic E-state index is 0.561. The fourth-order valence-electron chi connectivity index (χ4n) is 2.49. The van der Waals surface area contributed by atoms with Crippen LogP contribution in [-0.2, 0) is 5.54 Å². The van der Waals surface area contributed by atoms with Crippen LogP contribution in [0.5, 0.6) is 0 Å². The van der Waals surface area contributed by atoms with Crippen LogP contribution in [0.1, 0.15) is 18.1 Å². The van der Waals surface area contributed by atoms with E-state index in [1.807, 2.05) is 43.3 Å². The fraction of sp³-hybridized carbons (Fsp3) is 0.111. The molecule has 100 valence electrons. The number of nitrogens with two attached hydrogens (primary N) is 1. The summed E-state index contributed by atoms with van der Waals surface area (Å²) in [5.41, 5.74) is 8.10. The molecular formula is C18H16ClN. The molecule has 1 unspecified atom stereocenters. The molecule has 0 amide bonds. The zero-order chi connectivity index (χ0) is 14.2. The lowest BCUT2D eigenvalue weighted by molar-refractivity contribution is 0.604. The van der Waals surface area contributed by atoms with Crippen LogP contribution < -0.4 is 5.73 Å². The van der Waals surface area contributed by atoms with Crippen LogP contribution in [0.3, 0.4) is 0 Å². The van der Waals surface area contributed by atoms with Gasteiger partial charge in [0.25, 0.3) is 0 Å². The zero-order valence-corrected chi connectivity index (χ0v) is 12.1. The summed E-state index contributed by atoms with van der Waals surface area (Å²) in [6.45, 7) is 2.02. The second-order valence-electron chi connectivity index (χ2n) is 5.27. The SMILES string of the molecule is CC(N)(c1cccc(Cl)c1)c1ccc2ccccc2c1. The van der Waals surface area contributed by atoms with Gasteiger partial charge in [-0.1, -0.05) is 60.1 Å². The molecule has 0 heterocycles. The van der Waals surface area contributed by atoms with E-state index >= 15 is 0 Å². The molecule has 0 bridgehead atoms. The lowest BCUT2D eigenvalue weighted by Gasteiger charge is -2.26. The maximum Gasteiger partial charge on any atom is 0.0637 e. The predicted molar refractivity (Wildman–Crippen MR) is 86.0 cm³/mol. The van der Waals surface area contributed by atoms with Crippen molar-refractivity contribution in [1.29, 1.82) is 0 Å². The Morgan fingerprint density at radius 2 is 1.50 bits per heavy atom. The van der Waals surface area contributed by atoms with Crippen molar-refractivity contribution in [3.05, 3.63) is 82.9 Å². The van der Waals surface area contributed by atoms with Crippen molar-refractivity contribution in [3.63, 3.8) is 0 Å². The molecule has 0 aliphatic heterocycles. The molecule has 0 spiro atoms. The maximum absolute atomic E-state index is 6.56. The topological polar surface area (TPSA) is 26.0 Å². The molecule has 20 heavy (non-hydrogen) atoms. The standard InChI is InChI=1S/C18H16ClN/c1-18(20,15-7-4-8-17(19)12-15)16-10-9-13-5-2-3-6-14(13)11-16/h2-12H,20H2,1H3. The molecule has 3 rings (SSSR count). The van der Waals surface area contributed by atoms with Gasteiger partial charge in [-0.25, -0.2) is 0 Å². The van der Waals surface area contributed by atoms with Crippen LogP contribution in [0, 0.1) is 0 Å². The first-order valence-electron chi connectivity index (χ1n) is 6.61. The van der Waals surface area contributed by atoms with E-state index < -0.39 is 5.54 Å². The first-order chi connectivity index (χ1) is 9.57. The van der Waals surface area contributed by atoms with E-state index in [-0.39, 0.29) is 0 Å². The van der Waals surface area contributed by atoms with Crippen LogP contribution >= 0.6 is 11.6 Å². The van der Waals surface area contributed by atoms with E-state index in [0.29, 0.717) is 5.02 Å². The summed E-state index contributed by atoms with van der Waals surface area (Å²) < 4.78 is 0. The van der Waals surface area contributed by atoms with Crippen LogP contribution in [0.4, 0.5) is 0 Å². The molecule has 0 aliphatic carbocycles. The van der Waals surface area contributed by atoms with E-state index in [0.717, 1.165) is 11.1 Å². The third-order valence-electron chi connectivity index (χ3n) is 3.77. The highest BCUT2D eigenvalue weighted by atomic mass is 35.5. The lowest BCUT2D eigenvalue weighted by Crippen LogP contribution is -2.34. The number of benzene rings is 3. The van der Waals surface area contributed by atoms with Gasteiger partial charge in [-0.2, -0.15) is 0 Å². The number of hydrogen-bond acceptors (Lipinski definition) is 1. The third-order valence-corrected chi connectivity index (χ3v) is 4.01. The summed E-state index contributed by atoms with van der Waals surface area (Å²) in [4.78, 5) is 0. The van der Waals surface area contributed by atoms with Gasteiger partial charge in [0.2, 0.25) is 0 Å². The monoisotopic (exact) mass is 281 g/mol. The third kappa shape index (κ3) is 2.31. The molecule has 1 nitrogen and oxygen atoms in total. The van der Waals surface area contributed by atoms with Gasteiger partial charge < -0.3 is 5.73 Å². The van der Waals surface area contributed by atoms with Gasteiger partial charge in [-0.05, 0) is 47.0 Å². The normalized spacial score (nSPS) is 14.2. The van der Waals surface area contributed by atoms with Crippen molar-refractivity contribution in [2.75, 3.05) is 0 Å². The van der Waals surface area contributed by atoms with Crippen molar-refractivity contribution in [1.82, 2.24) is 0 Å². The molecule has 0 aromatic heterocycles. The van der Waals surface area contributed by atoms with Gasteiger partial charge in [0.15, 0.2) is 0 Å². The molecule has 2 heteroatoms. The average molecular weight is 282 g/mol. The summed E-state index contributed by atoms with van der Waals surface area (Å²) in [6, 6.07) is 22.4. The Labute approximate surface area is 124 Å². The van der Waals surface area contributed by atoms with E-state index in [9.17, 15) is 0 Å². The van der Waals surface area contributed by atoms with Crippen molar-refractivity contribution < 1.29 is 0 Å². The number of fused-ring (bicyclic) bond motifs is 1. The quantitative estimate of drug-likeness (QED) is 0.723. The zero-order valence-electron chi connectivity index (χ0n) is 11.3. The molecule has 2 N–H and O–H groups in total. The molecule has 1 atom stereocenters. The van der Waals surface area contributed by atoms with Gasteiger partial charge in [-0.3, -0.25) is 0 Å². The van der Waals surface area contributed by atoms with E-state index in [1.165, 1.54) is 10.8 Å². The van der Waals surface area contributed by atoms with Crippen LogP contribution in [0.2, 0.25) is 5.02 Å². The molecule has 3 aromatic carbocycles. The first-order valence-corrected chi connectivity index (χ1v) is 6.99. The smallest absolute Gasteiger partial charge is 0.0637 e. The molecule has 0 aliphatic rings. The Balaban J connectivity index is 2.13. The van der Waals surface area contributed by atoms with Gasteiger partial charge in [0.1, 0.15) is 0 Å². The summed E-state index contributed by atoms with van der Waals surface area (Å²) in [7, 11) is 0. The minimum atomic E-state index is -0.561. The van der Waals surface area contributed by atoms with Crippen molar-refractivity contribution >= 4 is 22.4 Å². The molecule has 0 saturated carbocycles. The lowest BCUT2D eigenvalue weighted by atomic mass is 9.85. The highest BCUT2D eigenvalue weighted by Crippen LogP contribution is 2.30. The molecule has 3 aromatic rings. The van der Waals surface area contributed by atoms with E-state index in [1.54, 1.807) is 0 Å². The second-order valence-corrected chi connectivity index (χ2v) is 5.71. The van der Waals surface area contributed by atoms with E-state index in [4.69, 9.17) is 17.3 Å². The Morgan fingerprint density at radius 3 is 2.25 bits per heavy atom. The summed E-state index contributed by atoms with van der Waals surface area (Å²) in [6.07, 6.45) is 0. The molecule has 0 radical (unpaired) electrons. The Bertz CT molecular complexity index is 762. The number of rotatable bonds is 2. The molecular weight excluding hydrogens is 266 g/mol. The summed E-state index contributed by atoms with van der Waals surface area (Å²) >= 11 is 6.08. The largest absolute Gasteiger partial charge is 0.318 e. The second kappa shape index (κ2) is 4.93. The van der Waals surface area contributed by atoms with Crippen LogP contribution in [0.15, 0.2) is 66.7 Å². The Morgan fingerprint density at radius 1 is 0.800 bits per heavy atom. The summed E-state index contributed by atoms with van der Waals surface area (Å²) in [5, 5.41) is 3.13. The van der Waals surface area contributed by atoms with Gasteiger partial charge in [0.05, 0.1) is 5.54 Å². The predicted octanol–water partition coefficient (Wildman–Crippen LogP) is 4.72. The molecule has 0 saturated heterocycles. The minimum Gasteiger partial charge on any atom is -0.318 e. The van der Waals surface area contributed by atoms with Crippen molar-refractivity contribution in [2.45, 2.75) is 12.5 Å². The summed E-state index contributed by atoms with van der Waals surface area (Å²) in [5.74, 6) is 0. The van der Waals surface area contributed by atoms with Gasteiger partial charge in [0, 0.05) is 5.02 Å². The average Bonchev–Trinajstić information content (AvgIpc) is 2.46. The van der Waals surface area contributed by atoms with Gasteiger partial charge in [-0.15, -0.1) is 0 Å². The van der Waals surface area contributed by atoms with Crippen LogP contribution in [-0.4, -0.2) is 0 Å². The number of hydrogen-bond donors (Lipinski definition) is 1. The highest BCUT2D eigenvalue weighted by molar-refractivity contribution is 6.30.